The van der Waals surface area contributed by atoms with Crippen LogP contribution in [0, 0.1) is 11.9 Å². The summed E-state index contributed by atoms with van der Waals surface area (Å²) < 4.78 is 44.4. The van der Waals surface area contributed by atoms with Crippen molar-refractivity contribution in [3.63, 3.8) is 0 Å². The van der Waals surface area contributed by atoms with Gasteiger partial charge in [-0.1, -0.05) is 29.0 Å². The van der Waals surface area contributed by atoms with Crippen LogP contribution in [0.1, 0.15) is 18.9 Å². The standard InChI is InChI=1S/C15H14F3INO2.Y/c1-2-22-9-3-4-10(11(16)7-9)13-6-5-12(19)15(21)20(13)8-14(17)18;/h3-4,7,12,14H,2,5,8H2,1H3;/q-1;. The summed E-state index contributed by atoms with van der Waals surface area (Å²) >= 11 is 1.87. The summed E-state index contributed by atoms with van der Waals surface area (Å²) in [5.74, 6) is -0.742. The number of benzene rings is 1. The average Bonchev–Trinajstić information content (AvgIpc) is 2.45. The van der Waals surface area contributed by atoms with Crippen LogP contribution in [0.2, 0.25) is 0 Å². The third-order valence-electron chi connectivity index (χ3n) is 3.08. The SMILES string of the molecule is CCOc1ccc(C2=[C-]CC(I)C(=O)N2CC(F)F)c(F)c1.[Y]. The van der Waals surface area contributed by atoms with E-state index in [1.807, 2.05) is 22.6 Å². The number of carbonyl (C=O) groups excluding carboxylic acids is 1. The van der Waals surface area contributed by atoms with Gasteiger partial charge >= 0.3 is 0 Å². The molecule has 0 aliphatic carbocycles. The van der Waals surface area contributed by atoms with Gasteiger partial charge in [-0.3, -0.25) is 4.79 Å². The minimum atomic E-state index is -2.70. The predicted molar refractivity (Wildman–Crippen MR) is 84.4 cm³/mol. The van der Waals surface area contributed by atoms with Gasteiger partial charge in [-0.25, -0.2) is 19.2 Å². The summed E-state index contributed by atoms with van der Waals surface area (Å²) in [5, 5.41) is 0. The Bertz CT molecular complexity index is 598. The molecule has 1 amide bonds. The van der Waals surface area contributed by atoms with Crippen LogP contribution in [0.15, 0.2) is 18.2 Å². The second-order valence-electron chi connectivity index (χ2n) is 4.61. The largest absolute Gasteiger partial charge is 0.494 e. The predicted octanol–water partition coefficient (Wildman–Crippen LogP) is 3.67. The first-order valence-electron chi connectivity index (χ1n) is 6.71. The van der Waals surface area contributed by atoms with Crippen molar-refractivity contribution >= 4 is 34.2 Å². The molecule has 0 saturated heterocycles. The number of nitrogens with zero attached hydrogens (tertiary/aromatic N) is 1. The molecule has 0 saturated carbocycles. The normalized spacial score (nSPS) is 17.8. The molecule has 3 nitrogen and oxygen atoms in total. The van der Waals surface area contributed by atoms with Crippen molar-refractivity contribution < 1.29 is 55.4 Å². The van der Waals surface area contributed by atoms with E-state index in [0.29, 0.717) is 12.4 Å². The van der Waals surface area contributed by atoms with Gasteiger partial charge in [-0.15, -0.1) is 17.3 Å². The summed E-state index contributed by atoms with van der Waals surface area (Å²) in [6.45, 7) is 1.39. The molecule has 1 unspecified atom stereocenters. The number of amides is 1. The molecule has 1 aromatic rings. The van der Waals surface area contributed by atoms with Crippen LogP contribution in [0.25, 0.3) is 5.70 Å². The van der Waals surface area contributed by atoms with E-state index in [0.717, 1.165) is 4.90 Å². The Balaban J connectivity index is 0.00000264. The maximum absolute atomic E-state index is 14.2. The van der Waals surface area contributed by atoms with Gasteiger partial charge in [0.05, 0.1) is 22.9 Å². The van der Waals surface area contributed by atoms with E-state index in [2.05, 4.69) is 6.08 Å². The Morgan fingerprint density at radius 2 is 2.17 bits per heavy atom. The van der Waals surface area contributed by atoms with Crippen molar-refractivity contribution in [2.24, 2.45) is 0 Å². The molecule has 0 aromatic heterocycles. The van der Waals surface area contributed by atoms with Crippen molar-refractivity contribution in [3.8, 4) is 5.75 Å². The zero-order chi connectivity index (χ0) is 16.3. The van der Waals surface area contributed by atoms with Crippen LogP contribution in [0.3, 0.4) is 0 Å². The maximum Gasteiger partial charge on any atom is 0.256 e. The Labute approximate surface area is 171 Å². The zero-order valence-electron chi connectivity index (χ0n) is 12.4. The van der Waals surface area contributed by atoms with Crippen molar-refractivity contribution in [3.05, 3.63) is 35.7 Å². The number of hydrogen-bond acceptors (Lipinski definition) is 2. The molecular weight excluding hydrogens is 499 g/mol. The number of allylic oxidation sites excluding steroid dienone is 1. The van der Waals surface area contributed by atoms with E-state index in [-0.39, 0.29) is 50.4 Å². The molecule has 123 valence electrons. The van der Waals surface area contributed by atoms with E-state index in [1.165, 1.54) is 18.2 Å². The summed E-state index contributed by atoms with van der Waals surface area (Å²) in [7, 11) is 0. The summed E-state index contributed by atoms with van der Waals surface area (Å²) in [5.41, 5.74) is 0.138. The van der Waals surface area contributed by atoms with E-state index < -0.39 is 28.6 Å². The van der Waals surface area contributed by atoms with Crippen LogP contribution >= 0.6 is 22.6 Å². The molecule has 1 aliphatic rings. The van der Waals surface area contributed by atoms with Crippen molar-refractivity contribution in [1.29, 1.82) is 0 Å². The first-order valence-corrected chi connectivity index (χ1v) is 7.95. The molecule has 0 spiro atoms. The Morgan fingerprint density at radius 3 is 2.74 bits per heavy atom. The fourth-order valence-electron chi connectivity index (χ4n) is 2.15. The van der Waals surface area contributed by atoms with Crippen LogP contribution < -0.4 is 4.74 Å². The molecule has 1 aliphatic heterocycles. The van der Waals surface area contributed by atoms with E-state index in [4.69, 9.17) is 4.74 Å². The van der Waals surface area contributed by atoms with Crippen molar-refractivity contribution in [1.82, 2.24) is 4.90 Å². The monoisotopic (exact) mass is 513 g/mol. The van der Waals surface area contributed by atoms with E-state index in [1.54, 1.807) is 6.92 Å². The van der Waals surface area contributed by atoms with Gasteiger partial charge in [-0.05, 0) is 19.1 Å². The molecule has 0 bridgehead atoms. The third kappa shape index (κ3) is 5.16. The number of halogens is 4. The van der Waals surface area contributed by atoms with E-state index >= 15 is 0 Å². The Kier molecular flexibility index (Phi) is 8.51. The summed E-state index contributed by atoms with van der Waals surface area (Å²) in [6.07, 6.45) is 0.428. The third-order valence-corrected chi connectivity index (χ3v) is 4.05. The molecule has 0 N–H and O–H groups in total. The van der Waals surface area contributed by atoms with Crippen molar-refractivity contribution in [2.75, 3.05) is 13.2 Å². The first-order chi connectivity index (χ1) is 10.4. The number of hydrogen-bond donors (Lipinski definition) is 0. The number of alkyl halides is 3. The quantitative estimate of drug-likeness (QED) is 0.342. The fourth-order valence-corrected chi connectivity index (χ4v) is 2.71. The second kappa shape index (κ2) is 9.37. The summed E-state index contributed by atoms with van der Waals surface area (Å²) in [4.78, 5) is 13.0. The van der Waals surface area contributed by atoms with Crippen LogP contribution in [-0.2, 0) is 37.5 Å². The summed E-state index contributed by atoms with van der Waals surface area (Å²) in [6, 6.07) is 4.13. The fraction of sp³-hybridized carbons (Fsp3) is 0.400. The van der Waals surface area contributed by atoms with Crippen LogP contribution in [0.5, 0.6) is 5.75 Å². The molecule has 23 heavy (non-hydrogen) atoms. The van der Waals surface area contributed by atoms with Gasteiger partial charge in [0.15, 0.2) is 0 Å². The van der Waals surface area contributed by atoms with Crippen molar-refractivity contribution in [2.45, 2.75) is 23.7 Å². The second-order valence-corrected chi connectivity index (χ2v) is 6.12. The molecular formula is C15H14F3INO2Y-. The topological polar surface area (TPSA) is 29.5 Å². The minimum Gasteiger partial charge on any atom is -0.494 e. The minimum absolute atomic E-state index is 0. The van der Waals surface area contributed by atoms with Gasteiger partial charge in [0.2, 0.25) is 5.91 Å². The number of rotatable bonds is 5. The maximum atomic E-state index is 14.2. The van der Waals surface area contributed by atoms with Crippen LogP contribution in [0.4, 0.5) is 13.2 Å². The number of carbonyl (C=O) groups is 1. The van der Waals surface area contributed by atoms with Gasteiger partial charge in [0.25, 0.3) is 6.43 Å². The van der Waals surface area contributed by atoms with Gasteiger partial charge in [0.1, 0.15) is 5.75 Å². The Morgan fingerprint density at radius 1 is 1.48 bits per heavy atom. The van der Waals surface area contributed by atoms with Crippen LogP contribution in [-0.4, -0.2) is 34.3 Å². The number of ether oxygens (including phenoxy) is 1. The molecule has 0 fully saturated rings. The molecule has 1 radical (unpaired) electrons. The van der Waals surface area contributed by atoms with E-state index in [9.17, 15) is 18.0 Å². The van der Waals surface area contributed by atoms with Gasteiger partial charge in [0, 0.05) is 32.7 Å². The molecule has 1 aromatic carbocycles. The first kappa shape index (κ1) is 20.9. The molecule has 1 heterocycles. The zero-order valence-corrected chi connectivity index (χ0v) is 17.4. The van der Waals surface area contributed by atoms with Gasteiger partial charge < -0.3 is 9.64 Å². The molecule has 1 atom stereocenters. The Hall–Kier alpha value is -0.146. The molecule has 2 rings (SSSR count). The van der Waals surface area contributed by atoms with Gasteiger partial charge in [-0.2, -0.15) is 0 Å². The average molecular weight is 513 g/mol. The molecule has 8 heteroatoms. The smallest absolute Gasteiger partial charge is 0.256 e.